The molecule has 0 saturated heterocycles. The van der Waals surface area contributed by atoms with Crippen LogP contribution in [-0.4, -0.2) is 25.8 Å². The summed E-state index contributed by atoms with van der Waals surface area (Å²) in [6.07, 6.45) is 0. The lowest BCUT2D eigenvalue weighted by Crippen LogP contribution is -2.44. The van der Waals surface area contributed by atoms with Crippen LogP contribution in [-0.2, 0) is 0 Å². The highest BCUT2D eigenvalue weighted by molar-refractivity contribution is 6.70. The highest BCUT2D eigenvalue weighted by atomic mass is 15.0. The first-order valence-corrected chi connectivity index (χ1v) is 5.71. The van der Waals surface area contributed by atoms with E-state index in [1.54, 1.807) is 0 Å². The maximum atomic E-state index is 2.27. The van der Waals surface area contributed by atoms with Crippen molar-refractivity contribution in [2.75, 3.05) is 14.1 Å². The first-order chi connectivity index (χ1) is 6.95. The minimum Gasteiger partial charge on any atom is -0.344 e. The van der Waals surface area contributed by atoms with Crippen molar-refractivity contribution >= 4 is 12.3 Å². The van der Waals surface area contributed by atoms with Gasteiger partial charge in [0.1, 0.15) is 0 Å². The van der Waals surface area contributed by atoms with Crippen molar-refractivity contribution in [3.63, 3.8) is 0 Å². The quantitative estimate of drug-likeness (QED) is 0.682. The molecule has 0 spiro atoms. The zero-order valence-electron chi connectivity index (χ0n) is 10.8. The fraction of sp³-hybridized carbons (Fsp3) is 0.538. The summed E-state index contributed by atoms with van der Waals surface area (Å²) in [5.41, 5.74) is 4.39. The van der Waals surface area contributed by atoms with Crippen LogP contribution in [0.15, 0.2) is 18.2 Å². The highest BCUT2D eigenvalue weighted by Crippen LogP contribution is 2.14. The number of hydrogen-bond acceptors (Lipinski definition) is 1. The van der Waals surface area contributed by atoms with Crippen LogP contribution in [0.5, 0.6) is 0 Å². The average Bonchev–Trinajstić information content (AvgIpc) is 2.16. The summed E-state index contributed by atoms with van der Waals surface area (Å²) in [6.45, 7) is 9.50. The summed E-state index contributed by atoms with van der Waals surface area (Å²) in [6, 6.07) is 6.63. The molecule has 1 aromatic carbocycles. The molecule has 0 radical (unpaired) electrons. The zero-order chi connectivity index (χ0) is 11.6. The van der Waals surface area contributed by atoms with Gasteiger partial charge in [-0.05, 0) is 32.5 Å². The lowest BCUT2D eigenvalue weighted by atomic mass is 9.53. The molecule has 0 bridgehead atoms. The van der Waals surface area contributed by atoms with E-state index in [0.717, 1.165) is 0 Å². The third-order valence-corrected chi connectivity index (χ3v) is 3.17. The van der Waals surface area contributed by atoms with Gasteiger partial charge in [0.2, 0.25) is 0 Å². The maximum Gasteiger partial charge on any atom is 0.254 e. The van der Waals surface area contributed by atoms with Gasteiger partial charge in [-0.1, -0.05) is 49.9 Å². The molecule has 82 valence electrons. The van der Waals surface area contributed by atoms with Crippen molar-refractivity contribution in [1.82, 2.24) is 4.81 Å². The van der Waals surface area contributed by atoms with Crippen LogP contribution in [0.3, 0.4) is 0 Å². The number of hydrogen-bond donors (Lipinski definition) is 0. The molecular formula is C13H22BN. The second-order valence-corrected chi connectivity index (χ2v) is 4.87. The van der Waals surface area contributed by atoms with Crippen LogP contribution in [0.2, 0.25) is 6.82 Å². The van der Waals surface area contributed by atoms with E-state index in [-0.39, 0.29) is 0 Å². The number of benzene rings is 1. The SMILES string of the molecule is CB(c1c(C)cccc1C(C)C)N(C)C. The fourth-order valence-electron chi connectivity index (χ4n) is 2.04. The Morgan fingerprint density at radius 3 is 2.27 bits per heavy atom. The first kappa shape index (κ1) is 12.3. The Labute approximate surface area is 94.6 Å². The Hall–Kier alpha value is -0.755. The Kier molecular flexibility index (Phi) is 3.98. The van der Waals surface area contributed by atoms with Gasteiger partial charge in [-0.3, -0.25) is 0 Å². The van der Waals surface area contributed by atoms with Crippen LogP contribution >= 0.6 is 0 Å². The summed E-state index contributed by atoms with van der Waals surface area (Å²) in [4.78, 5) is 2.27. The molecule has 0 aliphatic carbocycles. The van der Waals surface area contributed by atoms with Crippen molar-refractivity contribution in [3.8, 4) is 0 Å². The molecule has 0 aliphatic rings. The van der Waals surface area contributed by atoms with Crippen molar-refractivity contribution in [1.29, 1.82) is 0 Å². The summed E-state index contributed by atoms with van der Waals surface area (Å²) in [7, 11) is 4.28. The topological polar surface area (TPSA) is 3.24 Å². The molecule has 0 heterocycles. The molecule has 0 aliphatic heterocycles. The van der Waals surface area contributed by atoms with Crippen LogP contribution < -0.4 is 5.46 Å². The molecular weight excluding hydrogens is 181 g/mol. The number of aryl methyl sites for hydroxylation is 1. The van der Waals surface area contributed by atoms with E-state index in [9.17, 15) is 0 Å². The monoisotopic (exact) mass is 203 g/mol. The zero-order valence-corrected chi connectivity index (χ0v) is 10.8. The molecule has 2 heteroatoms. The normalized spacial score (nSPS) is 11.2. The van der Waals surface area contributed by atoms with Gasteiger partial charge in [-0.25, -0.2) is 0 Å². The van der Waals surface area contributed by atoms with Crippen molar-refractivity contribution in [3.05, 3.63) is 29.3 Å². The molecule has 0 amide bonds. The maximum absolute atomic E-state index is 2.27. The molecule has 0 aromatic heterocycles. The van der Waals surface area contributed by atoms with Gasteiger partial charge in [0, 0.05) is 0 Å². The fourth-order valence-corrected chi connectivity index (χ4v) is 2.04. The van der Waals surface area contributed by atoms with Crippen LogP contribution in [0.1, 0.15) is 30.9 Å². The summed E-state index contributed by atoms with van der Waals surface area (Å²) < 4.78 is 0. The smallest absolute Gasteiger partial charge is 0.254 e. The first-order valence-electron chi connectivity index (χ1n) is 5.71. The van der Waals surface area contributed by atoms with E-state index >= 15 is 0 Å². The van der Waals surface area contributed by atoms with E-state index < -0.39 is 0 Å². The van der Waals surface area contributed by atoms with Crippen LogP contribution in [0.4, 0.5) is 0 Å². The second-order valence-electron chi connectivity index (χ2n) is 4.87. The van der Waals surface area contributed by atoms with Gasteiger partial charge in [0.05, 0.1) is 0 Å². The standard InChI is InChI=1S/C13H22BN/c1-10(2)12-9-7-8-11(3)13(12)14(4)15(5)6/h7-10H,1-6H3. The summed E-state index contributed by atoms with van der Waals surface area (Å²) in [5.74, 6) is 0.599. The number of nitrogens with zero attached hydrogens (tertiary/aromatic N) is 1. The van der Waals surface area contributed by atoms with E-state index in [4.69, 9.17) is 0 Å². The summed E-state index contributed by atoms with van der Waals surface area (Å²) >= 11 is 0. The molecule has 0 saturated carbocycles. The van der Waals surface area contributed by atoms with Crippen LogP contribution in [0, 0.1) is 6.92 Å². The highest BCUT2D eigenvalue weighted by Gasteiger charge is 2.20. The molecule has 1 rings (SSSR count). The Bertz CT molecular complexity index is 331. The molecule has 0 atom stereocenters. The van der Waals surface area contributed by atoms with E-state index in [1.165, 1.54) is 16.6 Å². The molecule has 1 aromatic rings. The predicted octanol–water partition coefficient (Wildman–Crippen LogP) is 2.51. The Balaban J connectivity index is 3.24. The van der Waals surface area contributed by atoms with Crippen LogP contribution in [0.25, 0.3) is 0 Å². The van der Waals surface area contributed by atoms with Gasteiger partial charge in [-0.15, -0.1) is 0 Å². The van der Waals surface area contributed by atoms with Gasteiger partial charge >= 0.3 is 0 Å². The third kappa shape index (κ3) is 2.63. The minimum absolute atomic E-state index is 0.489. The average molecular weight is 203 g/mol. The number of rotatable bonds is 3. The molecule has 0 fully saturated rings. The molecule has 1 nitrogen and oxygen atoms in total. The largest absolute Gasteiger partial charge is 0.344 e. The third-order valence-electron chi connectivity index (χ3n) is 3.17. The van der Waals surface area contributed by atoms with Crippen molar-refractivity contribution in [2.24, 2.45) is 0 Å². The van der Waals surface area contributed by atoms with Gasteiger partial charge in [0.15, 0.2) is 0 Å². The lowest BCUT2D eigenvalue weighted by Gasteiger charge is -2.23. The predicted molar refractivity (Wildman–Crippen MR) is 70.2 cm³/mol. The van der Waals surface area contributed by atoms with E-state index in [1.807, 2.05) is 0 Å². The molecule has 0 unspecified atom stereocenters. The summed E-state index contributed by atoms with van der Waals surface area (Å²) in [5, 5.41) is 0. The van der Waals surface area contributed by atoms with Gasteiger partial charge in [0.25, 0.3) is 6.85 Å². The lowest BCUT2D eigenvalue weighted by molar-refractivity contribution is 0.652. The molecule has 0 N–H and O–H groups in total. The van der Waals surface area contributed by atoms with E-state index in [2.05, 4.69) is 64.7 Å². The second kappa shape index (κ2) is 4.85. The van der Waals surface area contributed by atoms with Crippen molar-refractivity contribution in [2.45, 2.75) is 33.5 Å². The van der Waals surface area contributed by atoms with Gasteiger partial charge in [-0.2, -0.15) is 0 Å². The Morgan fingerprint density at radius 1 is 1.20 bits per heavy atom. The van der Waals surface area contributed by atoms with Crippen molar-refractivity contribution < 1.29 is 0 Å². The van der Waals surface area contributed by atoms with Gasteiger partial charge < -0.3 is 4.81 Å². The van der Waals surface area contributed by atoms with E-state index in [0.29, 0.717) is 12.8 Å². The minimum atomic E-state index is 0.489. The molecule has 15 heavy (non-hydrogen) atoms. The Morgan fingerprint density at radius 2 is 1.80 bits per heavy atom.